The summed E-state index contributed by atoms with van der Waals surface area (Å²) in [6, 6.07) is 17.6. The molecular formula is C19H11F3. The van der Waals surface area contributed by atoms with Gasteiger partial charge in [0.25, 0.3) is 0 Å². The van der Waals surface area contributed by atoms with Crippen LogP contribution < -0.4 is 0 Å². The van der Waals surface area contributed by atoms with Crippen LogP contribution in [0.2, 0.25) is 0 Å². The second-order valence-electron chi connectivity index (χ2n) is 5.39. The molecule has 4 rings (SSSR count). The zero-order valence-corrected chi connectivity index (χ0v) is 11.5. The van der Waals surface area contributed by atoms with Gasteiger partial charge in [0.1, 0.15) is 0 Å². The Kier molecular flexibility index (Phi) is 2.67. The fourth-order valence-corrected chi connectivity index (χ4v) is 3.09. The van der Waals surface area contributed by atoms with E-state index in [0.717, 1.165) is 38.4 Å². The topological polar surface area (TPSA) is 0 Å². The van der Waals surface area contributed by atoms with Crippen LogP contribution >= 0.6 is 0 Å². The molecular weight excluding hydrogens is 285 g/mol. The van der Waals surface area contributed by atoms with Gasteiger partial charge >= 0.3 is 6.18 Å². The van der Waals surface area contributed by atoms with Gasteiger partial charge in [0, 0.05) is 6.08 Å². The predicted molar refractivity (Wildman–Crippen MR) is 85.2 cm³/mol. The quantitative estimate of drug-likeness (QED) is 0.369. The number of hydrogen-bond acceptors (Lipinski definition) is 0. The number of alkyl halides is 3. The Bertz CT molecular complexity index is 994. The molecule has 0 aliphatic rings. The van der Waals surface area contributed by atoms with Crippen molar-refractivity contribution in [2.75, 3.05) is 0 Å². The first-order valence-corrected chi connectivity index (χ1v) is 6.95. The summed E-state index contributed by atoms with van der Waals surface area (Å²) in [5.74, 6) is 0. The molecule has 0 heterocycles. The molecule has 3 heteroatoms. The molecule has 0 amide bonds. The third kappa shape index (κ3) is 2.01. The Labute approximate surface area is 124 Å². The van der Waals surface area contributed by atoms with E-state index in [1.165, 1.54) is 0 Å². The maximum Gasteiger partial charge on any atom is 0.409 e. The standard InChI is InChI=1S/C19H11F3/c20-19(21,22)11-10-12-4-5-15-7-6-13-2-1-3-14-8-9-16(12)18(15)17(13)14/h1-11H. The summed E-state index contributed by atoms with van der Waals surface area (Å²) in [7, 11) is 0. The van der Waals surface area contributed by atoms with Gasteiger partial charge in [0.05, 0.1) is 0 Å². The Morgan fingerprint density at radius 2 is 1.27 bits per heavy atom. The maximum atomic E-state index is 12.5. The lowest BCUT2D eigenvalue weighted by molar-refractivity contribution is -0.0790. The number of benzene rings is 4. The average Bonchev–Trinajstić information content (AvgIpc) is 2.50. The van der Waals surface area contributed by atoms with Gasteiger partial charge in [0.2, 0.25) is 0 Å². The van der Waals surface area contributed by atoms with E-state index in [1.54, 1.807) is 6.07 Å². The monoisotopic (exact) mass is 296 g/mol. The van der Waals surface area contributed by atoms with E-state index in [9.17, 15) is 13.2 Å². The Balaban J connectivity index is 2.11. The van der Waals surface area contributed by atoms with Gasteiger partial charge in [-0.2, -0.15) is 13.2 Å². The van der Waals surface area contributed by atoms with Gasteiger partial charge < -0.3 is 0 Å². The number of rotatable bonds is 1. The minimum atomic E-state index is -4.30. The predicted octanol–water partition coefficient (Wildman–Crippen LogP) is 6.16. The van der Waals surface area contributed by atoms with E-state index in [0.29, 0.717) is 11.6 Å². The molecule has 0 radical (unpaired) electrons. The van der Waals surface area contributed by atoms with Gasteiger partial charge in [-0.15, -0.1) is 0 Å². The van der Waals surface area contributed by atoms with Gasteiger partial charge in [-0.3, -0.25) is 0 Å². The third-order valence-corrected chi connectivity index (χ3v) is 4.01. The van der Waals surface area contributed by atoms with Crippen molar-refractivity contribution in [3.8, 4) is 0 Å². The highest BCUT2D eigenvalue weighted by molar-refractivity contribution is 6.24. The summed E-state index contributed by atoms with van der Waals surface area (Å²) >= 11 is 0. The molecule has 22 heavy (non-hydrogen) atoms. The molecule has 0 aliphatic heterocycles. The lowest BCUT2D eigenvalue weighted by atomic mass is 9.92. The average molecular weight is 296 g/mol. The second-order valence-corrected chi connectivity index (χ2v) is 5.39. The van der Waals surface area contributed by atoms with Gasteiger partial charge in [-0.1, -0.05) is 54.6 Å². The largest absolute Gasteiger partial charge is 0.409 e. The molecule has 0 aromatic heterocycles. The van der Waals surface area contributed by atoms with Crippen molar-refractivity contribution in [3.05, 3.63) is 66.2 Å². The van der Waals surface area contributed by atoms with E-state index in [1.807, 2.05) is 42.5 Å². The first-order valence-electron chi connectivity index (χ1n) is 6.95. The molecule has 4 aromatic carbocycles. The maximum absolute atomic E-state index is 12.5. The molecule has 0 unspecified atom stereocenters. The third-order valence-electron chi connectivity index (χ3n) is 4.01. The van der Waals surface area contributed by atoms with Crippen LogP contribution in [0.1, 0.15) is 5.56 Å². The van der Waals surface area contributed by atoms with E-state index in [2.05, 4.69) is 6.07 Å². The van der Waals surface area contributed by atoms with Crippen molar-refractivity contribution in [2.45, 2.75) is 6.18 Å². The van der Waals surface area contributed by atoms with Crippen LogP contribution in [-0.4, -0.2) is 6.18 Å². The van der Waals surface area contributed by atoms with Crippen molar-refractivity contribution in [1.29, 1.82) is 0 Å². The zero-order chi connectivity index (χ0) is 15.3. The van der Waals surface area contributed by atoms with Crippen LogP contribution in [0.25, 0.3) is 38.4 Å². The van der Waals surface area contributed by atoms with Crippen molar-refractivity contribution in [3.63, 3.8) is 0 Å². The van der Waals surface area contributed by atoms with Crippen LogP contribution in [0.4, 0.5) is 13.2 Å². The fraction of sp³-hybridized carbons (Fsp3) is 0.0526. The molecule has 0 N–H and O–H groups in total. The lowest BCUT2D eigenvalue weighted by Gasteiger charge is -2.12. The van der Waals surface area contributed by atoms with Crippen molar-refractivity contribution < 1.29 is 13.2 Å². The van der Waals surface area contributed by atoms with Crippen LogP contribution in [0.3, 0.4) is 0 Å². The number of halogens is 3. The molecule has 108 valence electrons. The highest BCUT2D eigenvalue weighted by Crippen LogP contribution is 2.36. The van der Waals surface area contributed by atoms with Crippen LogP contribution in [0.15, 0.2) is 60.7 Å². The van der Waals surface area contributed by atoms with Crippen LogP contribution in [0.5, 0.6) is 0 Å². The summed E-state index contributed by atoms with van der Waals surface area (Å²) in [6.07, 6.45) is -2.87. The zero-order valence-electron chi connectivity index (χ0n) is 11.5. The highest BCUT2D eigenvalue weighted by Gasteiger charge is 2.22. The second kappa shape index (κ2) is 4.47. The molecule has 0 aliphatic carbocycles. The van der Waals surface area contributed by atoms with Crippen LogP contribution in [0, 0.1) is 0 Å². The SMILES string of the molecule is FC(F)(F)C=Cc1ccc2ccc3cccc4ccc1c2c34. The number of hydrogen-bond donors (Lipinski definition) is 0. The molecule has 0 saturated heterocycles. The summed E-state index contributed by atoms with van der Waals surface area (Å²) in [6.45, 7) is 0. The summed E-state index contributed by atoms with van der Waals surface area (Å²) in [5.41, 5.74) is 0.586. The Hall–Kier alpha value is -2.55. The van der Waals surface area contributed by atoms with Gasteiger partial charge in [-0.25, -0.2) is 0 Å². The molecule has 4 aromatic rings. The highest BCUT2D eigenvalue weighted by atomic mass is 19.4. The lowest BCUT2D eigenvalue weighted by Crippen LogP contribution is -2.00. The van der Waals surface area contributed by atoms with E-state index in [4.69, 9.17) is 0 Å². The molecule has 0 saturated carbocycles. The van der Waals surface area contributed by atoms with E-state index < -0.39 is 6.18 Å². The molecule has 0 fully saturated rings. The van der Waals surface area contributed by atoms with Crippen molar-refractivity contribution in [2.24, 2.45) is 0 Å². The van der Waals surface area contributed by atoms with Crippen LogP contribution in [-0.2, 0) is 0 Å². The Morgan fingerprint density at radius 1 is 0.682 bits per heavy atom. The summed E-state index contributed by atoms with van der Waals surface area (Å²) in [4.78, 5) is 0. The normalized spacial score (nSPS) is 13.0. The molecule has 0 bridgehead atoms. The first kappa shape index (κ1) is 13.1. The Morgan fingerprint density at radius 3 is 1.95 bits per heavy atom. The first-order chi connectivity index (χ1) is 10.5. The van der Waals surface area contributed by atoms with Crippen molar-refractivity contribution >= 4 is 38.4 Å². The summed E-state index contributed by atoms with van der Waals surface area (Å²) < 4.78 is 37.4. The minimum Gasteiger partial charge on any atom is -0.167 e. The summed E-state index contributed by atoms with van der Waals surface area (Å²) in [5, 5.41) is 6.24. The molecule has 0 atom stereocenters. The number of allylic oxidation sites excluding steroid dienone is 1. The van der Waals surface area contributed by atoms with Gasteiger partial charge in [-0.05, 0) is 44.0 Å². The van der Waals surface area contributed by atoms with E-state index >= 15 is 0 Å². The van der Waals surface area contributed by atoms with E-state index in [-0.39, 0.29) is 0 Å². The molecule has 0 spiro atoms. The fourth-order valence-electron chi connectivity index (χ4n) is 3.09. The minimum absolute atomic E-state index is 0.291. The smallest absolute Gasteiger partial charge is 0.167 e. The van der Waals surface area contributed by atoms with Gasteiger partial charge in [0.15, 0.2) is 0 Å². The molecule has 0 nitrogen and oxygen atoms in total. The van der Waals surface area contributed by atoms with Crippen molar-refractivity contribution in [1.82, 2.24) is 0 Å².